The summed E-state index contributed by atoms with van der Waals surface area (Å²) < 4.78 is 16.9. The van der Waals surface area contributed by atoms with Crippen LogP contribution in [0.5, 0.6) is 0 Å². The minimum absolute atomic E-state index is 0.0630. The lowest BCUT2D eigenvalue weighted by atomic mass is 9.99. The highest BCUT2D eigenvalue weighted by Gasteiger charge is 2.19. The van der Waals surface area contributed by atoms with Gasteiger partial charge in [0.2, 0.25) is 0 Å². The normalized spacial score (nSPS) is 12.5. The van der Waals surface area contributed by atoms with E-state index in [0.29, 0.717) is 19.3 Å². The maximum absolute atomic E-state index is 12.9. The summed E-state index contributed by atoms with van der Waals surface area (Å²) in [7, 11) is 0. The van der Waals surface area contributed by atoms with Gasteiger partial charge in [-0.3, -0.25) is 14.4 Å². The Morgan fingerprint density at radius 3 is 0.877 bits per heavy atom. The highest BCUT2D eigenvalue weighted by atomic mass is 16.6. The van der Waals surface area contributed by atoms with Gasteiger partial charge in [0.1, 0.15) is 13.2 Å². The largest absolute Gasteiger partial charge is 0.462 e. The Hall–Kier alpha value is -1.59. The molecule has 0 fully saturated rings. The molecular weight excluding hydrogens is 805 g/mol. The van der Waals surface area contributed by atoms with Gasteiger partial charge in [-0.2, -0.15) is 0 Å². The zero-order valence-electron chi connectivity index (χ0n) is 44.6. The molecule has 1 unspecified atom stereocenters. The predicted molar refractivity (Wildman–Crippen MR) is 280 cm³/mol. The molecule has 65 heavy (non-hydrogen) atoms. The lowest BCUT2D eigenvalue weighted by Crippen LogP contribution is -2.30. The van der Waals surface area contributed by atoms with Gasteiger partial charge in [0, 0.05) is 19.3 Å². The molecule has 0 aromatic heterocycles. The molecule has 0 spiro atoms. The molecule has 0 aliphatic carbocycles. The number of esters is 3. The van der Waals surface area contributed by atoms with Crippen molar-refractivity contribution in [3.8, 4) is 0 Å². The second-order valence-corrected chi connectivity index (χ2v) is 21.0. The van der Waals surface area contributed by atoms with Crippen molar-refractivity contribution in [3.05, 3.63) is 0 Å². The molecule has 0 rings (SSSR count). The van der Waals surface area contributed by atoms with Gasteiger partial charge in [-0.15, -0.1) is 0 Å². The van der Waals surface area contributed by atoms with E-state index in [1.165, 1.54) is 218 Å². The highest BCUT2D eigenvalue weighted by molar-refractivity contribution is 5.71. The minimum atomic E-state index is -0.762. The molecule has 0 N–H and O–H groups in total. The number of rotatable bonds is 53. The molecule has 0 saturated heterocycles. The molecule has 6 nitrogen and oxygen atoms in total. The Labute approximate surface area is 406 Å². The van der Waals surface area contributed by atoms with Gasteiger partial charge in [0.15, 0.2) is 6.10 Å². The van der Waals surface area contributed by atoms with E-state index in [-0.39, 0.29) is 31.1 Å². The van der Waals surface area contributed by atoms with Crippen LogP contribution in [0.25, 0.3) is 0 Å². The van der Waals surface area contributed by atoms with Crippen LogP contribution >= 0.6 is 0 Å². The third-order valence-corrected chi connectivity index (χ3v) is 13.8. The predicted octanol–water partition coefficient (Wildman–Crippen LogP) is 19.3. The van der Waals surface area contributed by atoms with Gasteiger partial charge in [0.25, 0.3) is 0 Å². The number of hydrogen-bond donors (Lipinski definition) is 0. The first-order valence-corrected chi connectivity index (χ1v) is 29.3. The van der Waals surface area contributed by atoms with Gasteiger partial charge < -0.3 is 14.2 Å². The van der Waals surface area contributed by atoms with Crippen molar-refractivity contribution < 1.29 is 28.6 Å². The van der Waals surface area contributed by atoms with E-state index in [9.17, 15) is 14.4 Å². The Balaban J connectivity index is 4.22. The van der Waals surface area contributed by atoms with Crippen molar-refractivity contribution in [2.24, 2.45) is 11.8 Å². The maximum Gasteiger partial charge on any atom is 0.306 e. The molecule has 0 radical (unpaired) electrons. The van der Waals surface area contributed by atoms with Crippen molar-refractivity contribution in [2.75, 3.05) is 13.2 Å². The molecule has 0 aliphatic heterocycles. The number of ether oxygens (including phenoxy) is 3. The van der Waals surface area contributed by atoms with Crippen molar-refractivity contribution in [2.45, 2.75) is 336 Å². The molecule has 6 heteroatoms. The minimum Gasteiger partial charge on any atom is -0.462 e. The summed E-state index contributed by atoms with van der Waals surface area (Å²) >= 11 is 0. The Bertz CT molecular complexity index is 995. The Kier molecular flexibility index (Phi) is 50.5. The number of carbonyl (C=O) groups is 3. The fraction of sp³-hybridized carbons (Fsp3) is 0.949. The molecule has 0 heterocycles. The molecular formula is C59H114O6. The lowest BCUT2D eigenvalue weighted by molar-refractivity contribution is -0.167. The third-order valence-electron chi connectivity index (χ3n) is 13.8. The summed E-state index contributed by atoms with van der Waals surface area (Å²) in [5.41, 5.74) is 0. The summed E-state index contributed by atoms with van der Waals surface area (Å²) in [6.45, 7) is 11.4. The average molecular weight is 920 g/mol. The molecule has 386 valence electrons. The zero-order valence-corrected chi connectivity index (χ0v) is 44.6. The lowest BCUT2D eigenvalue weighted by Gasteiger charge is -2.18. The summed E-state index contributed by atoms with van der Waals surface area (Å²) in [4.78, 5) is 38.1. The van der Waals surface area contributed by atoms with E-state index >= 15 is 0 Å². The van der Waals surface area contributed by atoms with E-state index in [0.717, 1.165) is 69.6 Å². The van der Waals surface area contributed by atoms with Crippen LogP contribution < -0.4 is 0 Å². The fourth-order valence-corrected chi connectivity index (χ4v) is 9.02. The van der Waals surface area contributed by atoms with Crippen LogP contribution in [-0.4, -0.2) is 37.2 Å². The zero-order chi connectivity index (χ0) is 47.5. The quantitative estimate of drug-likeness (QED) is 0.0344. The van der Waals surface area contributed by atoms with Gasteiger partial charge >= 0.3 is 17.9 Å². The second-order valence-electron chi connectivity index (χ2n) is 21.0. The van der Waals surface area contributed by atoms with Gasteiger partial charge in [-0.25, -0.2) is 0 Å². The van der Waals surface area contributed by atoms with Gasteiger partial charge in [-0.05, 0) is 31.1 Å². The van der Waals surface area contributed by atoms with E-state index < -0.39 is 6.10 Å². The second kappa shape index (κ2) is 51.8. The monoisotopic (exact) mass is 919 g/mol. The standard InChI is InChI=1S/C59H114O6/c1-6-8-9-10-11-12-13-14-22-25-28-34-39-44-49-57(60)63-52-56(53-64-58(61)50-45-40-35-31-30-32-37-42-47-54(3)4)65-59(62)51-46-41-36-29-26-23-20-18-16-15-17-19-21-24-27-33-38-43-48-55(5)7-2/h54-56H,6-53H2,1-5H3/t55?,56-/m1/s1. The SMILES string of the molecule is CCCCCCCCCCCCCCCCC(=O)OC[C@H](COC(=O)CCCCCCCCCCC(C)C)OC(=O)CCCCCCCCCCCCCCCCCCCCC(C)CC. The average Bonchev–Trinajstić information content (AvgIpc) is 3.29. The van der Waals surface area contributed by atoms with Gasteiger partial charge in [-0.1, -0.05) is 291 Å². The topological polar surface area (TPSA) is 78.9 Å². The molecule has 0 aromatic rings. The summed E-state index contributed by atoms with van der Waals surface area (Å²) in [6, 6.07) is 0. The van der Waals surface area contributed by atoms with E-state index in [2.05, 4.69) is 34.6 Å². The Morgan fingerprint density at radius 2 is 0.585 bits per heavy atom. The number of hydrogen-bond acceptors (Lipinski definition) is 6. The molecule has 0 aliphatic rings. The van der Waals surface area contributed by atoms with E-state index in [4.69, 9.17) is 14.2 Å². The van der Waals surface area contributed by atoms with E-state index in [1.54, 1.807) is 0 Å². The molecule has 0 bridgehead atoms. The summed E-state index contributed by atoms with van der Waals surface area (Å²) in [5, 5.41) is 0. The van der Waals surface area contributed by atoms with Gasteiger partial charge in [0.05, 0.1) is 0 Å². The number of unbranched alkanes of at least 4 members (excludes halogenated alkanes) is 37. The van der Waals surface area contributed by atoms with Crippen molar-refractivity contribution in [1.29, 1.82) is 0 Å². The maximum atomic E-state index is 12.9. The molecule has 0 saturated carbocycles. The first-order valence-electron chi connectivity index (χ1n) is 29.3. The Morgan fingerprint density at radius 1 is 0.323 bits per heavy atom. The van der Waals surface area contributed by atoms with Crippen LogP contribution in [0.4, 0.5) is 0 Å². The number of carbonyl (C=O) groups excluding carboxylic acids is 3. The summed E-state index contributed by atoms with van der Waals surface area (Å²) in [5.74, 6) is 0.864. The van der Waals surface area contributed by atoms with Crippen LogP contribution in [-0.2, 0) is 28.6 Å². The van der Waals surface area contributed by atoms with Crippen LogP contribution in [0.3, 0.4) is 0 Å². The highest BCUT2D eigenvalue weighted by Crippen LogP contribution is 2.19. The third kappa shape index (κ3) is 51.6. The van der Waals surface area contributed by atoms with Crippen molar-refractivity contribution in [1.82, 2.24) is 0 Å². The first kappa shape index (κ1) is 63.4. The van der Waals surface area contributed by atoms with E-state index in [1.807, 2.05) is 0 Å². The van der Waals surface area contributed by atoms with Crippen LogP contribution in [0.15, 0.2) is 0 Å². The van der Waals surface area contributed by atoms with Crippen molar-refractivity contribution >= 4 is 17.9 Å². The van der Waals surface area contributed by atoms with Crippen LogP contribution in [0.1, 0.15) is 330 Å². The fourth-order valence-electron chi connectivity index (χ4n) is 9.02. The molecule has 0 amide bonds. The molecule has 2 atom stereocenters. The van der Waals surface area contributed by atoms with Crippen molar-refractivity contribution in [3.63, 3.8) is 0 Å². The van der Waals surface area contributed by atoms with Crippen LogP contribution in [0.2, 0.25) is 0 Å². The smallest absolute Gasteiger partial charge is 0.306 e. The first-order chi connectivity index (χ1) is 31.8. The molecule has 0 aromatic carbocycles. The summed E-state index contributed by atoms with van der Waals surface area (Å²) in [6.07, 6.45) is 55.3. The van der Waals surface area contributed by atoms with Crippen LogP contribution in [0, 0.1) is 11.8 Å².